The number of anilines is 1. The lowest BCUT2D eigenvalue weighted by Crippen LogP contribution is -2.31. The number of hydrogen-bond acceptors (Lipinski definition) is 6. The van der Waals surface area contributed by atoms with Crippen LogP contribution in [0.1, 0.15) is 36.4 Å². The van der Waals surface area contributed by atoms with E-state index < -0.39 is 5.60 Å². The first-order chi connectivity index (χ1) is 16.5. The molecule has 34 heavy (non-hydrogen) atoms. The molecule has 2 unspecified atom stereocenters. The van der Waals surface area contributed by atoms with E-state index in [9.17, 15) is 5.11 Å². The average Bonchev–Trinajstić information content (AvgIpc) is 3.71. The molecule has 3 N–H and O–H groups in total. The molecule has 174 valence electrons. The van der Waals surface area contributed by atoms with Crippen LogP contribution in [0.5, 0.6) is 5.75 Å². The number of nitrogens with zero attached hydrogens (tertiary/aromatic N) is 4. The molecular formula is C27H29N5O2. The molecule has 2 aromatic heterocycles. The maximum atomic E-state index is 10.2. The zero-order valence-electron chi connectivity index (χ0n) is 19.3. The SMILES string of the molecule is CN1CCC(n2cc(-c3cnc(N)c(OCc4cccc(C#CC5(O)C6CC65)c4)c3)cn2)CC1. The van der Waals surface area contributed by atoms with Crippen LogP contribution in [0.25, 0.3) is 11.1 Å². The first-order valence-electron chi connectivity index (χ1n) is 12.0. The maximum absolute atomic E-state index is 10.2. The topological polar surface area (TPSA) is 89.4 Å². The fraction of sp³-hybridized carbons (Fsp3) is 0.407. The Balaban J connectivity index is 1.13. The van der Waals surface area contributed by atoms with Crippen molar-refractivity contribution >= 4 is 5.82 Å². The van der Waals surface area contributed by atoms with Crippen LogP contribution in [-0.2, 0) is 6.61 Å². The van der Waals surface area contributed by atoms with Gasteiger partial charge in [-0.25, -0.2) is 4.98 Å². The molecule has 1 saturated heterocycles. The maximum Gasteiger partial charge on any atom is 0.166 e. The summed E-state index contributed by atoms with van der Waals surface area (Å²) in [5.41, 5.74) is 9.17. The number of aromatic nitrogens is 3. The second-order valence-electron chi connectivity index (χ2n) is 9.86. The minimum absolute atomic E-state index is 0.356. The van der Waals surface area contributed by atoms with Crippen molar-refractivity contribution in [3.63, 3.8) is 0 Å². The van der Waals surface area contributed by atoms with E-state index in [1.54, 1.807) is 6.20 Å². The average molecular weight is 456 g/mol. The Bertz CT molecular complexity index is 1270. The van der Waals surface area contributed by atoms with Crippen LogP contribution in [0.2, 0.25) is 0 Å². The summed E-state index contributed by atoms with van der Waals surface area (Å²) in [6.07, 6.45) is 9.07. The highest BCUT2D eigenvalue weighted by Crippen LogP contribution is 2.70. The lowest BCUT2D eigenvalue weighted by Gasteiger charge is -2.28. The highest BCUT2D eigenvalue weighted by atomic mass is 16.5. The molecule has 3 heterocycles. The van der Waals surface area contributed by atoms with Crippen molar-refractivity contribution in [1.29, 1.82) is 0 Å². The van der Waals surface area contributed by atoms with Gasteiger partial charge in [0, 0.05) is 40.9 Å². The minimum atomic E-state index is -0.728. The van der Waals surface area contributed by atoms with Crippen LogP contribution in [0.3, 0.4) is 0 Å². The van der Waals surface area contributed by atoms with E-state index in [0.717, 1.165) is 54.6 Å². The van der Waals surface area contributed by atoms with Gasteiger partial charge in [-0.05, 0) is 63.2 Å². The highest BCUT2D eigenvalue weighted by molar-refractivity contribution is 5.65. The van der Waals surface area contributed by atoms with E-state index in [4.69, 9.17) is 10.5 Å². The van der Waals surface area contributed by atoms with Gasteiger partial charge in [0.1, 0.15) is 12.2 Å². The van der Waals surface area contributed by atoms with Crippen LogP contribution < -0.4 is 10.5 Å². The molecule has 6 rings (SSSR count). The van der Waals surface area contributed by atoms with E-state index in [0.29, 0.717) is 36.1 Å². The normalized spacial score (nSPS) is 25.8. The van der Waals surface area contributed by atoms with Crippen LogP contribution in [0.4, 0.5) is 5.82 Å². The third-order valence-corrected chi connectivity index (χ3v) is 7.42. The molecule has 7 nitrogen and oxygen atoms in total. The van der Waals surface area contributed by atoms with Crippen molar-refractivity contribution in [1.82, 2.24) is 19.7 Å². The Hall–Kier alpha value is -3.34. The van der Waals surface area contributed by atoms with Crippen molar-refractivity contribution in [2.75, 3.05) is 25.9 Å². The number of rotatable bonds is 5. The van der Waals surface area contributed by atoms with E-state index in [1.165, 1.54) is 0 Å². The number of pyridine rings is 1. The zero-order valence-corrected chi connectivity index (χ0v) is 19.3. The third-order valence-electron chi connectivity index (χ3n) is 7.42. The fourth-order valence-corrected chi connectivity index (χ4v) is 4.85. The molecule has 2 aliphatic carbocycles. The number of nitrogen functional groups attached to an aromatic ring is 1. The Morgan fingerprint density at radius 3 is 2.76 bits per heavy atom. The first kappa shape index (κ1) is 21.2. The summed E-state index contributed by atoms with van der Waals surface area (Å²) in [6, 6.07) is 10.3. The summed E-state index contributed by atoms with van der Waals surface area (Å²) in [5.74, 6) is 7.88. The third kappa shape index (κ3) is 4.04. The standard InChI is InChI=1S/C27H29N5O2/c1-31-9-6-22(7-10-31)32-16-21(15-30-32)20-12-25(26(28)29-14-20)34-17-19-4-2-3-18(11-19)5-8-27(33)23-13-24(23)27/h2-4,11-12,14-16,22-24,33H,6-7,9-10,13,17H2,1H3,(H2,28,29). The molecular weight excluding hydrogens is 426 g/mol. The van der Waals surface area contributed by atoms with E-state index in [-0.39, 0.29) is 0 Å². The summed E-state index contributed by atoms with van der Waals surface area (Å²) in [5, 5.41) is 14.8. The number of hydrogen-bond donors (Lipinski definition) is 2. The molecule has 3 fully saturated rings. The Morgan fingerprint density at radius 1 is 1.18 bits per heavy atom. The number of nitrogens with two attached hydrogens (primary N) is 1. The van der Waals surface area contributed by atoms with E-state index in [1.807, 2.05) is 36.5 Å². The minimum Gasteiger partial charge on any atom is -0.485 e. The van der Waals surface area contributed by atoms with Crippen molar-refractivity contribution in [3.8, 4) is 28.7 Å². The number of likely N-dealkylation sites (tertiary alicyclic amines) is 1. The molecule has 2 atom stereocenters. The van der Waals surface area contributed by atoms with Gasteiger partial charge in [-0.15, -0.1) is 0 Å². The van der Waals surface area contributed by atoms with Crippen LogP contribution in [-0.4, -0.2) is 50.5 Å². The molecule has 1 aliphatic heterocycles. The Kier molecular flexibility index (Phi) is 5.09. The second kappa shape index (κ2) is 8.15. The number of aliphatic hydroxyl groups is 1. The van der Waals surface area contributed by atoms with Crippen LogP contribution in [0.15, 0.2) is 48.9 Å². The second-order valence-corrected chi connectivity index (χ2v) is 9.86. The lowest BCUT2D eigenvalue weighted by atomic mass is 10.1. The zero-order chi connectivity index (χ0) is 23.3. The number of piperidine rings is 1. The summed E-state index contributed by atoms with van der Waals surface area (Å²) in [4.78, 5) is 6.71. The molecule has 1 aromatic carbocycles. The van der Waals surface area contributed by atoms with Gasteiger partial charge in [-0.1, -0.05) is 24.0 Å². The summed E-state index contributed by atoms with van der Waals surface area (Å²) < 4.78 is 8.12. The van der Waals surface area contributed by atoms with Crippen LogP contribution >= 0.6 is 0 Å². The van der Waals surface area contributed by atoms with E-state index >= 15 is 0 Å². The quantitative estimate of drug-likeness (QED) is 0.575. The molecule has 3 aromatic rings. The molecule has 2 saturated carbocycles. The van der Waals surface area contributed by atoms with Gasteiger partial charge >= 0.3 is 0 Å². The van der Waals surface area contributed by atoms with Gasteiger partial charge in [-0.2, -0.15) is 5.10 Å². The number of fused-ring (bicyclic) bond motifs is 1. The highest BCUT2D eigenvalue weighted by Gasteiger charge is 2.76. The van der Waals surface area contributed by atoms with Gasteiger partial charge < -0.3 is 20.5 Å². The van der Waals surface area contributed by atoms with Crippen molar-refractivity contribution in [2.24, 2.45) is 11.8 Å². The summed E-state index contributed by atoms with van der Waals surface area (Å²) >= 11 is 0. The van der Waals surface area contributed by atoms with Crippen molar-refractivity contribution < 1.29 is 9.84 Å². The summed E-state index contributed by atoms with van der Waals surface area (Å²) in [6.45, 7) is 2.54. The van der Waals surface area contributed by atoms with Gasteiger partial charge in [0.2, 0.25) is 0 Å². The molecule has 7 heteroatoms. The summed E-state index contributed by atoms with van der Waals surface area (Å²) in [7, 11) is 2.16. The van der Waals surface area contributed by atoms with Gasteiger partial charge in [-0.3, -0.25) is 4.68 Å². The predicted octanol–water partition coefficient (Wildman–Crippen LogP) is 3.11. The monoisotopic (exact) mass is 455 g/mol. The smallest absolute Gasteiger partial charge is 0.166 e. The molecule has 0 spiro atoms. The first-order valence-corrected chi connectivity index (χ1v) is 12.0. The predicted molar refractivity (Wildman–Crippen MR) is 130 cm³/mol. The molecule has 0 amide bonds. The lowest BCUT2D eigenvalue weighted by molar-refractivity contribution is 0.151. The molecule has 3 aliphatic rings. The van der Waals surface area contributed by atoms with Gasteiger partial charge in [0.15, 0.2) is 11.6 Å². The molecule has 0 bridgehead atoms. The van der Waals surface area contributed by atoms with Crippen LogP contribution in [0, 0.1) is 23.7 Å². The Labute approximate surface area is 199 Å². The van der Waals surface area contributed by atoms with Gasteiger partial charge in [0.25, 0.3) is 0 Å². The Morgan fingerprint density at radius 2 is 2.00 bits per heavy atom. The van der Waals surface area contributed by atoms with Crippen molar-refractivity contribution in [3.05, 3.63) is 60.0 Å². The largest absolute Gasteiger partial charge is 0.485 e. The van der Waals surface area contributed by atoms with Gasteiger partial charge in [0.05, 0.1) is 12.2 Å². The fourth-order valence-electron chi connectivity index (χ4n) is 4.85. The van der Waals surface area contributed by atoms with Crippen molar-refractivity contribution in [2.45, 2.75) is 37.5 Å². The van der Waals surface area contributed by atoms with E-state index in [2.05, 4.69) is 44.7 Å². The number of ether oxygens (including phenoxy) is 1. The molecule has 0 radical (unpaired) electrons. The number of benzene rings is 1.